The van der Waals surface area contributed by atoms with Crippen molar-refractivity contribution < 1.29 is 10.2 Å². The van der Waals surface area contributed by atoms with E-state index in [1.54, 1.807) is 13.0 Å². The molecule has 0 radical (unpaired) electrons. The Bertz CT molecular complexity index is 359. The van der Waals surface area contributed by atoms with Crippen LogP contribution in [0.5, 0.6) is 0 Å². The number of aliphatic hydroxyl groups excluding tert-OH is 1. The van der Waals surface area contributed by atoms with Gasteiger partial charge in [0.2, 0.25) is 0 Å². The van der Waals surface area contributed by atoms with E-state index >= 15 is 0 Å². The van der Waals surface area contributed by atoms with Crippen molar-refractivity contribution in [3.8, 4) is 0 Å². The molecular weight excluding hydrogens is 212 g/mol. The van der Waals surface area contributed by atoms with Crippen LogP contribution in [0.4, 0.5) is 0 Å². The molecule has 2 unspecified atom stereocenters. The highest BCUT2D eigenvalue weighted by molar-refractivity contribution is 5.29. The quantitative estimate of drug-likeness (QED) is 0.736. The molecule has 2 nitrogen and oxygen atoms in total. The van der Waals surface area contributed by atoms with E-state index in [1.807, 2.05) is 0 Å². The van der Waals surface area contributed by atoms with Gasteiger partial charge in [-0.25, -0.2) is 0 Å². The van der Waals surface area contributed by atoms with Crippen molar-refractivity contribution in [3.05, 3.63) is 12.2 Å². The molecule has 0 aliphatic heterocycles. The van der Waals surface area contributed by atoms with Gasteiger partial charge in [0.15, 0.2) is 0 Å². The van der Waals surface area contributed by atoms with Crippen LogP contribution in [0.15, 0.2) is 12.2 Å². The molecule has 6 atom stereocenters. The summed E-state index contributed by atoms with van der Waals surface area (Å²) < 4.78 is 0. The predicted molar refractivity (Wildman–Crippen MR) is 67.4 cm³/mol. The average Bonchev–Trinajstić information content (AvgIpc) is 2.63. The Hall–Kier alpha value is -0.340. The highest BCUT2D eigenvalue weighted by Crippen LogP contribution is 2.86. The summed E-state index contributed by atoms with van der Waals surface area (Å²) in [4.78, 5) is 0. The van der Waals surface area contributed by atoms with Crippen molar-refractivity contribution in [2.75, 3.05) is 6.61 Å². The molecule has 0 amide bonds. The second-order valence-electron chi connectivity index (χ2n) is 7.20. The number of hydrogen-bond acceptors (Lipinski definition) is 2. The summed E-state index contributed by atoms with van der Waals surface area (Å²) in [5, 5.41) is 18.8. The highest BCUT2D eigenvalue weighted by atomic mass is 16.3. The van der Waals surface area contributed by atoms with E-state index in [9.17, 15) is 5.11 Å². The summed E-state index contributed by atoms with van der Waals surface area (Å²) in [7, 11) is 0. The van der Waals surface area contributed by atoms with Crippen LogP contribution < -0.4 is 0 Å². The van der Waals surface area contributed by atoms with Crippen LogP contribution >= 0.6 is 0 Å². The molecule has 0 aromatic carbocycles. The molecule has 4 aliphatic carbocycles. The smallest absolute Gasteiger partial charge is 0.103 e. The molecule has 96 valence electrons. The van der Waals surface area contributed by atoms with Crippen LogP contribution in [0.1, 0.15) is 40.0 Å². The minimum atomic E-state index is -1.05. The predicted octanol–water partition coefficient (Wildman–Crippen LogP) is 2.36. The summed E-state index contributed by atoms with van der Waals surface area (Å²) in [5.41, 5.74) is -0.0424. The lowest BCUT2D eigenvalue weighted by atomic mass is 9.71. The van der Waals surface area contributed by atoms with E-state index < -0.39 is 5.60 Å². The van der Waals surface area contributed by atoms with Gasteiger partial charge in [0.05, 0.1) is 6.61 Å². The monoisotopic (exact) mass is 236 g/mol. The Balaban J connectivity index is 1.71. The summed E-state index contributed by atoms with van der Waals surface area (Å²) in [6.07, 6.45) is 7.79. The molecule has 2 N–H and O–H groups in total. The topological polar surface area (TPSA) is 40.5 Å². The average molecular weight is 236 g/mol. The zero-order valence-electron chi connectivity index (χ0n) is 11.1. The standard InChI is InChI=1S/C15H24O2/c1-13(17,9-16)5-4-6-14(2)10-7-11-12(8-10)15(11,14)3/h4-5,10-12,16-17H,6-9H2,1-3H3/b5-4+/t10?,11-,12+,13-,14+,15?/m1/s1. The Morgan fingerprint density at radius 1 is 1.29 bits per heavy atom. The summed E-state index contributed by atoms with van der Waals surface area (Å²) in [6, 6.07) is 0. The van der Waals surface area contributed by atoms with Crippen molar-refractivity contribution in [2.45, 2.75) is 45.6 Å². The molecule has 0 heterocycles. The van der Waals surface area contributed by atoms with Crippen molar-refractivity contribution in [3.63, 3.8) is 0 Å². The maximum absolute atomic E-state index is 9.76. The fourth-order valence-corrected chi connectivity index (χ4v) is 5.03. The maximum atomic E-state index is 9.76. The van der Waals surface area contributed by atoms with Crippen LogP contribution in [-0.2, 0) is 0 Å². The van der Waals surface area contributed by atoms with Crippen molar-refractivity contribution in [1.29, 1.82) is 0 Å². The third kappa shape index (κ3) is 1.29. The molecular formula is C15H24O2. The van der Waals surface area contributed by atoms with Crippen LogP contribution in [0.2, 0.25) is 0 Å². The first-order valence-electron chi connectivity index (χ1n) is 6.86. The lowest BCUT2D eigenvalue weighted by Crippen LogP contribution is -2.28. The van der Waals surface area contributed by atoms with Gasteiger partial charge >= 0.3 is 0 Å². The van der Waals surface area contributed by atoms with Gasteiger partial charge in [-0.1, -0.05) is 26.0 Å². The molecule has 4 rings (SSSR count). The van der Waals surface area contributed by atoms with Crippen LogP contribution in [0.3, 0.4) is 0 Å². The van der Waals surface area contributed by atoms with Crippen LogP contribution in [0.25, 0.3) is 0 Å². The molecule has 17 heavy (non-hydrogen) atoms. The molecule has 4 saturated carbocycles. The van der Waals surface area contributed by atoms with Gasteiger partial charge in [-0.05, 0) is 54.8 Å². The first-order valence-corrected chi connectivity index (χ1v) is 6.86. The van der Waals surface area contributed by atoms with Crippen molar-refractivity contribution in [2.24, 2.45) is 28.6 Å². The van der Waals surface area contributed by atoms with Crippen molar-refractivity contribution in [1.82, 2.24) is 0 Å². The van der Waals surface area contributed by atoms with Crippen LogP contribution in [0, 0.1) is 28.6 Å². The largest absolute Gasteiger partial charge is 0.393 e. The van der Waals surface area contributed by atoms with E-state index in [-0.39, 0.29) is 6.61 Å². The fraction of sp³-hybridized carbons (Fsp3) is 0.867. The fourth-order valence-electron chi connectivity index (χ4n) is 5.03. The zero-order chi connectivity index (χ0) is 12.5. The van der Waals surface area contributed by atoms with E-state index in [1.165, 1.54) is 12.8 Å². The number of rotatable bonds is 4. The summed E-state index contributed by atoms with van der Waals surface area (Å²) in [6.45, 7) is 6.35. The lowest BCUT2D eigenvalue weighted by molar-refractivity contribution is 0.0428. The Kier molecular flexibility index (Phi) is 2.18. The van der Waals surface area contributed by atoms with Gasteiger partial charge < -0.3 is 10.2 Å². The van der Waals surface area contributed by atoms with E-state index in [4.69, 9.17) is 5.11 Å². The van der Waals surface area contributed by atoms with Gasteiger partial charge in [-0.15, -0.1) is 0 Å². The molecule has 0 saturated heterocycles. The third-order valence-electron chi connectivity index (χ3n) is 6.46. The second-order valence-corrected chi connectivity index (χ2v) is 7.20. The van der Waals surface area contributed by atoms with E-state index in [2.05, 4.69) is 19.9 Å². The van der Waals surface area contributed by atoms with Crippen LogP contribution in [-0.4, -0.2) is 22.4 Å². The van der Waals surface area contributed by atoms with Gasteiger partial charge in [0.25, 0.3) is 0 Å². The first-order chi connectivity index (χ1) is 7.85. The summed E-state index contributed by atoms with van der Waals surface area (Å²) >= 11 is 0. The van der Waals surface area contributed by atoms with Gasteiger partial charge in [0, 0.05) is 0 Å². The second kappa shape index (κ2) is 3.16. The molecule has 2 heteroatoms. The number of hydrogen-bond donors (Lipinski definition) is 2. The maximum Gasteiger partial charge on any atom is 0.103 e. The zero-order valence-corrected chi connectivity index (χ0v) is 11.1. The molecule has 4 aliphatic rings. The normalized spacial score (nSPS) is 54.3. The van der Waals surface area contributed by atoms with Gasteiger partial charge in [-0.3, -0.25) is 0 Å². The summed E-state index contributed by atoms with van der Waals surface area (Å²) in [5.74, 6) is 2.87. The Morgan fingerprint density at radius 3 is 2.29 bits per heavy atom. The van der Waals surface area contributed by atoms with Gasteiger partial charge in [-0.2, -0.15) is 0 Å². The third-order valence-corrected chi connectivity index (χ3v) is 6.46. The minimum Gasteiger partial charge on any atom is -0.393 e. The SMILES string of the molecule is CC12[C@@H]3CC(C[C@@H]31)[C@]2(C)C/C=C/[C@@](C)(O)CO. The van der Waals surface area contributed by atoms with E-state index in [0.29, 0.717) is 10.8 Å². The lowest BCUT2D eigenvalue weighted by Gasteiger charge is -2.33. The molecule has 4 bridgehead atoms. The Labute approximate surface area is 104 Å². The molecule has 0 aromatic heterocycles. The highest BCUT2D eigenvalue weighted by Gasteiger charge is 2.80. The van der Waals surface area contributed by atoms with Crippen molar-refractivity contribution >= 4 is 0 Å². The first kappa shape index (κ1) is 11.7. The number of aliphatic hydroxyl groups is 2. The van der Waals surface area contributed by atoms with Gasteiger partial charge in [0.1, 0.15) is 5.60 Å². The Morgan fingerprint density at radius 2 is 1.88 bits per heavy atom. The minimum absolute atomic E-state index is 0.202. The van der Waals surface area contributed by atoms with E-state index in [0.717, 1.165) is 24.2 Å². The molecule has 0 aromatic rings. The number of allylic oxidation sites excluding steroid dienone is 1. The molecule has 4 fully saturated rings. The molecule has 0 spiro atoms.